The highest BCUT2D eigenvalue weighted by Crippen LogP contribution is 2.36. The monoisotopic (exact) mass is 390 g/mol. The zero-order chi connectivity index (χ0) is 20.3. The van der Waals surface area contributed by atoms with Gasteiger partial charge in [-0.05, 0) is 0 Å². The number of hydrogen-bond donors (Lipinski definition) is 6. The summed E-state index contributed by atoms with van der Waals surface area (Å²) in [6, 6.07) is 0. The average Bonchev–Trinajstić information content (AvgIpc) is 2.61. The van der Waals surface area contributed by atoms with Crippen LogP contribution in [0, 0.1) is 11.8 Å². The Hall–Kier alpha value is -2.02. The van der Waals surface area contributed by atoms with Crippen molar-refractivity contribution in [2.75, 3.05) is 6.61 Å². The highest BCUT2D eigenvalue weighted by molar-refractivity contribution is 5.88. The molecule has 0 aromatic heterocycles. The van der Waals surface area contributed by atoms with Crippen LogP contribution in [-0.2, 0) is 23.8 Å². The maximum Gasteiger partial charge on any atom is 0.335 e. The SMILES string of the molecule is C=C[C@@H]1[C@H](O[C@@H]2O[C@H](CO)[C@@H](O)[C@H](O)[C@@H]2O)OC=C(C(=O)O)[C@H]1CC(=O)O. The molecule has 27 heavy (non-hydrogen) atoms. The van der Waals surface area contributed by atoms with Crippen LogP contribution < -0.4 is 0 Å². The molecule has 0 aromatic carbocycles. The smallest absolute Gasteiger partial charge is 0.335 e. The maximum atomic E-state index is 11.3. The first kappa shape index (κ1) is 21.3. The number of carbonyl (C=O) groups is 2. The minimum Gasteiger partial charge on any atom is -0.481 e. The summed E-state index contributed by atoms with van der Waals surface area (Å²) in [5.74, 6) is -4.56. The largest absolute Gasteiger partial charge is 0.481 e. The summed E-state index contributed by atoms with van der Waals surface area (Å²) in [5, 5.41) is 57.1. The van der Waals surface area contributed by atoms with E-state index in [1.165, 1.54) is 6.08 Å². The second kappa shape index (κ2) is 8.78. The van der Waals surface area contributed by atoms with E-state index in [2.05, 4.69) is 6.58 Å². The Kier molecular flexibility index (Phi) is 6.92. The van der Waals surface area contributed by atoms with Crippen LogP contribution in [0.2, 0.25) is 0 Å². The van der Waals surface area contributed by atoms with Crippen molar-refractivity contribution in [1.82, 2.24) is 0 Å². The molecular weight excluding hydrogens is 368 g/mol. The predicted molar refractivity (Wildman–Crippen MR) is 84.9 cm³/mol. The highest BCUT2D eigenvalue weighted by Gasteiger charge is 2.47. The quantitative estimate of drug-likeness (QED) is 0.265. The molecule has 0 amide bonds. The van der Waals surface area contributed by atoms with Gasteiger partial charge in [-0.3, -0.25) is 4.79 Å². The number of carboxylic acids is 2. The van der Waals surface area contributed by atoms with Crippen LogP contribution in [0.15, 0.2) is 24.5 Å². The Morgan fingerprint density at radius 2 is 1.81 bits per heavy atom. The molecule has 2 heterocycles. The van der Waals surface area contributed by atoms with E-state index in [1.54, 1.807) is 0 Å². The van der Waals surface area contributed by atoms with E-state index in [0.717, 1.165) is 6.26 Å². The standard InChI is InChI=1S/C16H22O11/c1-2-6-7(3-10(18)19)8(14(23)24)5-25-15(6)27-16-13(22)12(21)11(20)9(4-17)26-16/h2,5-7,9,11-13,15-17,20-22H,1,3-4H2,(H,18,19)(H,23,24)/t6-,7-,9+,11+,12-,13-,15-,16-/m0/s1. The molecule has 2 aliphatic rings. The molecule has 2 rings (SSSR count). The average molecular weight is 390 g/mol. The second-order valence-electron chi connectivity index (χ2n) is 6.23. The summed E-state index contributed by atoms with van der Waals surface area (Å²) < 4.78 is 15.9. The van der Waals surface area contributed by atoms with Gasteiger partial charge in [-0.15, -0.1) is 6.58 Å². The van der Waals surface area contributed by atoms with Crippen molar-refractivity contribution in [1.29, 1.82) is 0 Å². The van der Waals surface area contributed by atoms with Crippen LogP contribution in [0.3, 0.4) is 0 Å². The molecule has 1 saturated heterocycles. The molecule has 1 fully saturated rings. The number of ether oxygens (including phenoxy) is 3. The molecule has 11 nitrogen and oxygen atoms in total. The molecule has 0 radical (unpaired) electrons. The Morgan fingerprint density at radius 1 is 1.15 bits per heavy atom. The number of rotatable bonds is 7. The lowest BCUT2D eigenvalue weighted by Gasteiger charge is -2.42. The first-order chi connectivity index (χ1) is 12.7. The molecule has 0 unspecified atom stereocenters. The van der Waals surface area contributed by atoms with Crippen molar-refractivity contribution in [2.45, 2.75) is 43.4 Å². The van der Waals surface area contributed by atoms with Crippen LogP contribution in [0.1, 0.15) is 6.42 Å². The van der Waals surface area contributed by atoms with Gasteiger partial charge in [-0.1, -0.05) is 6.08 Å². The van der Waals surface area contributed by atoms with Gasteiger partial charge < -0.3 is 44.8 Å². The molecule has 0 spiro atoms. The van der Waals surface area contributed by atoms with Crippen molar-refractivity contribution in [2.24, 2.45) is 11.8 Å². The predicted octanol–water partition coefficient (Wildman–Crippen LogP) is -1.98. The van der Waals surface area contributed by atoms with Gasteiger partial charge in [0.25, 0.3) is 0 Å². The van der Waals surface area contributed by atoms with E-state index in [9.17, 15) is 35.1 Å². The van der Waals surface area contributed by atoms with Gasteiger partial charge in [0, 0.05) is 11.8 Å². The summed E-state index contributed by atoms with van der Waals surface area (Å²) in [4.78, 5) is 22.5. The Labute approximate surface area is 153 Å². The first-order valence-electron chi connectivity index (χ1n) is 8.10. The third kappa shape index (κ3) is 4.46. The Balaban J connectivity index is 2.23. The van der Waals surface area contributed by atoms with Gasteiger partial charge in [-0.25, -0.2) is 4.79 Å². The van der Waals surface area contributed by atoms with Crippen LogP contribution in [0.4, 0.5) is 0 Å². The Morgan fingerprint density at radius 3 is 2.33 bits per heavy atom. The maximum absolute atomic E-state index is 11.3. The Bertz CT molecular complexity index is 601. The fourth-order valence-electron chi connectivity index (χ4n) is 3.07. The van der Waals surface area contributed by atoms with Crippen molar-refractivity contribution in [3.8, 4) is 0 Å². The lowest BCUT2D eigenvalue weighted by molar-refractivity contribution is -0.339. The molecular formula is C16H22O11. The number of aliphatic carboxylic acids is 2. The summed E-state index contributed by atoms with van der Waals surface area (Å²) in [7, 11) is 0. The van der Waals surface area contributed by atoms with E-state index in [0.29, 0.717) is 0 Å². The summed E-state index contributed by atoms with van der Waals surface area (Å²) in [6.07, 6.45) is -7.39. The second-order valence-corrected chi connectivity index (χ2v) is 6.23. The minimum absolute atomic E-state index is 0.282. The molecule has 2 aliphatic heterocycles. The van der Waals surface area contributed by atoms with Gasteiger partial charge >= 0.3 is 11.9 Å². The molecule has 11 heteroatoms. The fourth-order valence-corrected chi connectivity index (χ4v) is 3.07. The van der Waals surface area contributed by atoms with Crippen molar-refractivity contribution in [3.63, 3.8) is 0 Å². The lowest BCUT2D eigenvalue weighted by atomic mass is 9.81. The van der Waals surface area contributed by atoms with Crippen molar-refractivity contribution < 1.29 is 54.4 Å². The van der Waals surface area contributed by atoms with Gasteiger partial charge in [0.05, 0.1) is 24.9 Å². The third-order valence-corrected chi connectivity index (χ3v) is 4.54. The fraction of sp³-hybridized carbons (Fsp3) is 0.625. The van der Waals surface area contributed by atoms with Crippen LogP contribution in [-0.4, -0.2) is 86.2 Å². The lowest BCUT2D eigenvalue weighted by Crippen LogP contribution is -2.60. The van der Waals surface area contributed by atoms with E-state index in [-0.39, 0.29) is 5.57 Å². The van der Waals surface area contributed by atoms with Crippen LogP contribution >= 0.6 is 0 Å². The van der Waals surface area contributed by atoms with Crippen molar-refractivity contribution >= 4 is 11.9 Å². The molecule has 152 valence electrons. The minimum atomic E-state index is -1.69. The topological polar surface area (TPSA) is 183 Å². The molecule has 8 atom stereocenters. The van der Waals surface area contributed by atoms with Crippen molar-refractivity contribution in [3.05, 3.63) is 24.5 Å². The number of carboxylic acid groups (broad SMARTS) is 2. The third-order valence-electron chi connectivity index (χ3n) is 4.54. The molecule has 0 saturated carbocycles. The van der Waals surface area contributed by atoms with Gasteiger partial charge in [-0.2, -0.15) is 0 Å². The highest BCUT2D eigenvalue weighted by atomic mass is 16.8. The molecule has 6 N–H and O–H groups in total. The molecule has 0 aliphatic carbocycles. The summed E-state index contributed by atoms with van der Waals surface area (Å²) in [5.41, 5.74) is -0.282. The number of aliphatic hydroxyl groups excluding tert-OH is 4. The van der Waals surface area contributed by atoms with Gasteiger partial charge in [0.1, 0.15) is 24.4 Å². The molecule has 0 bridgehead atoms. The van der Waals surface area contributed by atoms with Gasteiger partial charge in [0.15, 0.2) is 6.29 Å². The zero-order valence-electron chi connectivity index (χ0n) is 14.1. The summed E-state index contributed by atoms with van der Waals surface area (Å²) in [6.45, 7) is 2.89. The number of aliphatic hydroxyl groups is 4. The normalized spacial score (nSPS) is 39.2. The van der Waals surface area contributed by atoms with E-state index in [1.807, 2.05) is 0 Å². The van der Waals surface area contributed by atoms with E-state index < -0.39 is 73.8 Å². The first-order valence-corrected chi connectivity index (χ1v) is 8.10. The van der Waals surface area contributed by atoms with Crippen LogP contribution in [0.5, 0.6) is 0 Å². The van der Waals surface area contributed by atoms with E-state index in [4.69, 9.17) is 19.3 Å². The molecule has 0 aromatic rings. The van der Waals surface area contributed by atoms with Crippen LogP contribution in [0.25, 0.3) is 0 Å². The van der Waals surface area contributed by atoms with E-state index >= 15 is 0 Å². The number of hydrogen-bond acceptors (Lipinski definition) is 9. The zero-order valence-corrected chi connectivity index (χ0v) is 14.1. The van der Waals surface area contributed by atoms with Gasteiger partial charge in [0.2, 0.25) is 6.29 Å². The summed E-state index contributed by atoms with van der Waals surface area (Å²) >= 11 is 0.